The first-order valence-electron chi connectivity index (χ1n) is 21.6. The van der Waals surface area contributed by atoms with E-state index in [0.29, 0.717) is 49.7 Å². The molecule has 0 aromatic heterocycles. The van der Waals surface area contributed by atoms with Crippen molar-refractivity contribution in [2.45, 2.75) is 112 Å². The largest absolute Gasteiger partial charge is 0.445 e. The Labute approximate surface area is 362 Å². The summed E-state index contributed by atoms with van der Waals surface area (Å²) in [6.07, 6.45) is 1.69. The Bertz CT molecular complexity index is 1770. The van der Waals surface area contributed by atoms with E-state index in [4.69, 9.17) is 9.26 Å². The SMILES string of the molecule is CCOP(=O)(CNC(=O)[C@H](CC(C)C)NC[C@@H](CCCCN1C(=O)c2ccccc2C1=O)NC(=O)OCc1ccccc1)C[C@@H](CC(C)C)C(=O)N[C@@H](CC(C)C)C(=O)NC. The third-order valence-corrected chi connectivity index (χ3v) is 12.7. The molecule has 5 atom stereocenters. The lowest BCUT2D eigenvalue weighted by molar-refractivity contribution is -0.131. The second-order valence-electron chi connectivity index (χ2n) is 17.0. The molecule has 0 fully saturated rings. The molecule has 0 aliphatic carbocycles. The van der Waals surface area contributed by atoms with E-state index < -0.39 is 49.3 Å². The molecule has 5 N–H and O–H groups in total. The van der Waals surface area contributed by atoms with Crippen LogP contribution < -0.4 is 26.6 Å². The number of imide groups is 1. The highest BCUT2D eigenvalue weighted by molar-refractivity contribution is 7.59. The van der Waals surface area contributed by atoms with Crippen molar-refractivity contribution >= 4 is 43.0 Å². The molecular weight excluding hydrogens is 800 g/mol. The molecular formula is C45H69N6O9P. The molecule has 2 aromatic rings. The average Bonchev–Trinajstić information content (AvgIpc) is 3.45. The zero-order valence-corrected chi connectivity index (χ0v) is 38.2. The zero-order chi connectivity index (χ0) is 45.1. The second-order valence-corrected chi connectivity index (χ2v) is 19.6. The van der Waals surface area contributed by atoms with Gasteiger partial charge in [0, 0.05) is 38.3 Å². The third kappa shape index (κ3) is 17.0. The number of hydrogen-bond acceptors (Lipinski definition) is 10. The number of unbranched alkanes of at least 4 members (excludes halogenated alkanes) is 1. The Morgan fingerprint density at radius 3 is 1.90 bits per heavy atom. The number of amides is 6. The van der Waals surface area contributed by atoms with Gasteiger partial charge in [0.1, 0.15) is 12.6 Å². The fraction of sp³-hybridized carbons (Fsp3) is 0.600. The summed E-state index contributed by atoms with van der Waals surface area (Å²) in [6, 6.07) is 14.0. The Morgan fingerprint density at radius 1 is 0.738 bits per heavy atom. The molecule has 0 saturated heterocycles. The first kappa shape index (κ1) is 50.8. The highest BCUT2D eigenvalue weighted by Gasteiger charge is 2.36. The second kappa shape index (κ2) is 25.4. The lowest BCUT2D eigenvalue weighted by Crippen LogP contribution is -2.51. The van der Waals surface area contributed by atoms with E-state index in [1.165, 1.54) is 11.9 Å². The maximum Gasteiger partial charge on any atom is 0.407 e. The van der Waals surface area contributed by atoms with Gasteiger partial charge < -0.3 is 35.8 Å². The van der Waals surface area contributed by atoms with Crippen LogP contribution in [0.5, 0.6) is 0 Å². The summed E-state index contributed by atoms with van der Waals surface area (Å²) in [5.41, 5.74) is 1.60. The maximum atomic E-state index is 14.4. The van der Waals surface area contributed by atoms with E-state index in [2.05, 4.69) is 26.6 Å². The molecule has 0 bridgehead atoms. The first-order chi connectivity index (χ1) is 29.0. The van der Waals surface area contributed by atoms with Crippen LogP contribution in [-0.2, 0) is 34.8 Å². The number of carbonyl (C=O) groups excluding carboxylic acids is 6. The summed E-state index contributed by atoms with van der Waals surface area (Å²) in [7, 11) is -2.09. The highest BCUT2D eigenvalue weighted by atomic mass is 31.2. The van der Waals surface area contributed by atoms with Gasteiger partial charge in [-0.05, 0) is 80.9 Å². The number of hydrogen-bond donors (Lipinski definition) is 5. The molecule has 16 heteroatoms. The maximum absolute atomic E-state index is 14.4. The van der Waals surface area contributed by atoms with Gasteiger partial charge in [-0.3, -0.25) is 33.4 Å². The molecule has 1 unspecified atom stereocenters. The molecule has 1 aliphatic heterocycles. The molecule has 0 spiro atoms. The van der Waals surface area contributed by atoms with Crippen LogP contribution in [0.3, 0.4) is 0 Å². The quantitative estimate of drug-likeness (QED) is 0.0398. The normalized spacial score (nSPS) is 15.5. The average molecular weight is 869 g/mol. The van der Waals surface area contributed by atoms with E-state index in [-0.39, 0.29) is 74.2 Å². The van der Waals surface area contributed by atoms with Crippen LogP contribution in [0, 0.1) is 23.7 Å². The number of ether oxygens (including phenoxy) is 1. The monoisotopic (exact) mass is 868 g/mol. The van der Waals surface area contributed by atoms with Crippen LogP contribution in [0.4, 0.5) is 4.79 Å². The van der Waals surface area contributed by atoms with Crippen molar-refractivity contribution in [1.29, 1.82) is 0 Å². The molecule has 0 saturated carbocycles. The van der Waals surface area contributed by atoms with Crippen molar-refractivity contribution in [2.24, 2.45) is 23.7 Å². The lowest BCUT2D eigenvalue weighted by Gasteiger charge is -2.28. The van der Waals surface area contributed by atoms with Crippen LogP contribution in [0.1, 0.15) is 113 Å². The summed E-state index contributed by atoms with van der Waals surface area (Å²) >= 11 is 0. The van der Waals surface area contributed by atoms with Crippen molar-refractivity contribution in [3.8, 4) is 0 Å². The van der Waals surface area contributed by atoms with Gasteiger partial charge in [0.15, 0.2) is 0 Å². The van der Waals surface area contributed by atoms with Crippen molar-refractivity contribution in [1.82, 2.24) is 31.5 Å². The fourth-order valence-corrected chi connectivity index (χ4v) is 9.53. The number of nitrogens with one attached hydrogen (secondary N) is 5. The number of rotatable bonds is 27. The molecule has 3 rings (SSSR count). The van der Waals surface area contributed by atoms with Crippen molar-refractivity contribution in [3.63, 3.8) is 0 Å². The van der Waals surface area contributed by atoms with Gasteiger partial charge in [-0.25, -0.2) is 4.79 Å². The third-order valence-electron chi connectivity index (χ3n) is 10.3. The van der Waals surface area contributed by atoms with E-state index in [0.717, 1.165) is 5.56 Å². The van der Waals surface area contributed by atoms with Gasteiger partial charge in [0.2, 0.25) is 25.1 Å². The summed E-state index contributed by atoms with van der Waals surface area (Å²) < 4.78 is 25.7. The van der Waals surface area contributed by atoms with E-state index in [9.17, 15) is 33.3 Å². The van der Waals surface area contributed by atoms with Crippen molar-refractivity contribution < 1.29 is 42.6 Å². The van der Waals surface area contributed by atoms with Crippen LogP contribution in [-0.4, -0.2) is 97.8 Å². The fourth-order valence-electron chi connectivity index (χ4n) is 7.35. The molecule has 15 nitrogen and oxygen atoms in total. The topological polar surface area (TPSA) is 201 Å². The summed E-state index contributed by atoms with van der Waals surface area (Å²) in [6.45, 7) is 14.1. The summed E-state index contributed by atoms with van der Waals surface area (Å²) in [4.78, 5) is 80.3. The Balaban J connectivity index is 1.70. The van der Waals surface area contributed by atoms with Crippen LogP contribution in [0.25, 0.3) is 0 Å². The predicted molar refractivity (Wildman–Crippen MR) is 236 cm³/mol. The van der Waals surface area contributed by atoms with Gasteiger partial charge in [-0.1, -0.05) is 84.0 Å². The molecule has 0 radical (unpaired) electrons. The first-order valence-corrected chi connectivity index (χ1v) is 23.6. The molecule has 6 amide bonds. The standard InChI is InChI=1S/C45H69N6O9P/c1-9-60-61(58,28-34(23-30(2)3)40(52)50-39(25-32(6)7)41(53)46-8)29-48-42(54)38(24-31(4)5)47-26-35(49-45(57)59-27-33-17-11-10-12-18-33)19-15-16-22-51-43(55)36-20-13-14-21-37(36)44(51)56/h10-14,17-18,20-21,30-32,34-35,38-39,47H,9,15-16,19,22-29H2,1-8H3,(H,46,53)(H,48,54)(H,49,57)(H,50,52)/t34-,35-,38+,39+,61?/m1/s1. The molecule has 1 heterocycles. The van der Waals surface area contributed by atoms with Gasteiger partial charge in [-0.15, -0.1) is 0 Å². The van der Waals surface area contributed by atoms with E-state index >= 15 is 0 Å². The number of nitrogens with zero attached hydrogens (tertiary/aromatic N) is 1. The number of carbonyl (C=O) groups is 6. The minimum Gasteiger partial charge on any atom is -0.445 e. The van der Waals surface area contributed by atoms with Crippen LogP contribution in [0.2, 0.25) is 0 Å². The van der Waals surface area contributed by atoms with E-state index in [1.807, 2.05) is 71.9 Å². The highest BCUT2D eigenvalue weighted by Crippen LogP contribution is 2.48. The zero-order valence-electron chi connectivity index (χ0n) is 37.3. The molecule has 61 heavy (non-hydrogen) atoms. The van der Waals surface area contributed by atoms with Gasteiger partial charge in [-0.2, -0.15) is 0 Å². The number of alkyl carbamates (subject to hydrolysis) is 1. The number of likely N-dealkylation sites (N-methyl/N-ethyl adjacent to an activating group) is 1. The van der Waals surface area contributed by atoms with E-state index in [1.54, 1.807) is 31.2 Å². The number of fused-ring (bicyclic) bond motifs is 1. The molecule has 1 aliphatic rings. The predicted octanol–water partition coefficient (Wildman–Crippen LogP) is 6.08. The Hall–Kier alpha value is -4.59. The Kier molecular flexibility index (Phi) is 21.1. The molecule has 338 valence electrons. The Morgan fingerprint density at radius 2 is 1.33 bits per heavy atom. The van der Waals surface area contributed by atoms with Crippen LogP contribution >= 0.6 is 7.37 Å². The molecule has 2 aromatic carbocycles. The lowest BCUT2D eigenvalue weighted by atomic mass is 9.96. The minimum absolute atomic E-state index is 0.0666. The van der Waals surface area contributed by atoms with Crippen molar-refractivity contribution in [3.05, 3.63) is 71.3 Å². The van der Waals surface area contributed by atoms with Gasteiger partial charge >= 0.3 is 6.09 Å². The van der Waals surface area contributed by atoms with Crippen LogP contribution in [0.15, 0.2) is 54.6 Å². The van der Waals surface area contributed by atoms with Gasteiger partial charge in [0.05, 0.1) is 30.1 Å². The smallest absolute Gasteiger partial charge is 0.407 e. The minimum atomic E-state index is -3.61. The van der Waals surface area contributed by atoms with Gasteiger partial charge in [0.25, 0.3) is 11.8 Å². The summed E-state index contributed by atoms with van der Waals surface area (Å²) in [5.74, 6) is -2.20. The summed E-state index contributed by atoms with van der Waals surface area (Å²) in [5, 5.41) is 14.6. The van der Waals surface area contributed by atoms with Crippen molar-refractivity contribution in [2.75, 3.05) is 39.2 Å². The number of benzene rings is 2.